The van der Waals surface area contributed by atoms with Crippen LogP contribution in [0.25, 0.3) is 0 Å². The maximum Gasteiger partial charge on any atom is 0.302 e. The number of likely N-dealkylation sites (N-methyl/N-ethyl adjacent to an activating group) is 2. The summed E-state index contributed by atoms with van der Waals surface area (Å²) < 4.78 is 10.7. The van der Waals surface area contributed by atoms with Crippen molar-refractivity contribution < 1.29 is 28.7 Å². The third-order valence-corrected chi connectivity index (χ3v) is 8.63. The normalized spacial score (nSPS) is 10.5. The quantitative estimate of drug-likeness (QED) is 0.213. The van der Waals surface area contributed by atoms with Crippen molar-refractivity contribution in [2.45, 2.75) is 39.2 Å². The van der Waals surface area contributed by atoms with Gasteiger partial charge in [0, 0.05) is 49.6 Å². The van der Waals surface area contributed by atoms with Gasteiger partial charge in [0.05, 0.1) is 13.1 Å². The van der Waals surface area contributed by atoms with Crippen LogP contribution in [0.15, 0.2) is 48.5 Å². The summed E-state index contributed by atoms with van der Waals surface area (Å²) in [5, 5.41) is 0. The van der Waals surface area contributed by atoms with Gasteiger partial charge in [0.15, 0.2) is 0 Å². The minimum atomic E-state index is -0.361. The summed E-state index contributed by atoms with van der Waals surface area (Å²) >= 11 is 8.67. The van der Waals surface area contributed by atoms with E-state index in [2.05, 4.69) is 0 Å². The average Bonchev–Trinajstić information content (AvgIpc) is 2.95. The highest BCUT2D eigenvalue weighted by molar-refractivity contribution is 8.46. The average molecular weight is 605 g/mol. The number of esters is 2. The number of ether oxygens (including phenoxy) is 2. The van der Waals surface area contributed by atoms with Gasteiger partial charge in [-0.25, -0.2) is 0 Å². The molecule has 0 atom stereocenters. The molecule has 0 aliphatic heterocycles. The Labute approximate surface area is 250 Å². The summed E-state index contributed by atoms with van der Waals surface area (Å²) in [4.78, 5) is 50.7. The summed E-state index contributed by atoms with van der Waals surface area (Å²) in [5.74, 6) is 0.463. The smallest absolute Gasteiger partial charge is 0.302 e. The Morgan fingerprint density at radius 2 is 1.02 bits per heavy atom. The molecule has 0 aromatic heterocycles. The molecular formula is C29H36N2O6S3. The molecule has 40 heavy (non-hydrogen) atoms. The third-order valence-electron chi connectivity index (χ3n) is 5.79. The van der Waals surface area contributed by atoms with Crippen LogP contribution in [-0.4, -0.2) is 76.5 Å². The number of benzene rings is 2. The van der Waals surface area contributed by atoms with Gasteiger partial charge in [-0.15, -0.1) is 23.5 Å². The van der Waals surface area contributed by atoms with Gasteiger partial charge in [-0.3, -0.25) is 19.2 Å². The molecule has 0 saturated heterocycles. The highest BCUT2D eigenvalue weighted by Crippen LogP contribution is 2.25. The molecular weight excluding hydrogens is 569 g/mol. The first-order valence-electron chi connectivity index (χ1n) is 13.0. The topological polar surface area (TPSA) is 93.2 Å². The zero-order valence-corrected chi connectivity index (χ0v) is 25.8. The van der Waals surface area contributed by atoms with Gasteiger partial charge in [0.2, 0.25) is 0 Å². The van der Waals surface area contributed by atoms with Crippen molar-refractivity contribution >= 4 is 63.0 Å². The van der Waals surface area contributed by atoms with Crippen molar-refractivity contribution in [2.24, 2.45) is 0 Å². The number of carbonyl (C=O) groups excluding carboxylic acids is 4. The van der Waals surface area contributed by atoms with Crippen LogP contribution < -0.4 is 0 Å². The van der Waals surface area contributed by atoms with Crippen LogP contribution in [0.5, 0.6) is 0 Å². The predicted molar refractivity (Wildman–Crippen MR) is 164 cm³/mol. The van der Waals surface area contributed by atoms with E-state index in [0.717, 1.165) is 14.7 Å². The van der Waals surface area contributed by atoms with E-state index in [9.17, 15) is 19.2 Å². The maximum absolute atomic E-state index is 12.7. The minimum Gasteiger partial charge on any atom is -0.464 e. The highest BCUT2D eigenvalue weighted by Gasteiger charge is 2.16. The fraction of sp³-hybridized carbons (Fsp3) is 0.414. The first-order valence-corrected chi connectivity index (χ1v) is 15.3. The predicted octanol–water partition coefficient (Wildman–Crippen LogP) is 5.19. The Balaban J connectivity index is 1.79. The Kier molecular flexibility index (Phi) is 14.8. The second kappa shape index (κ2) is 17.7. The molecule has 8 nitrogen and oxygen atoms in total. The molecule has 2 aromatic rings. The fourth-order valence-corrected chi connectivity index (χ4v) is 5.58. The fourth-order valence-electron chi connectivity index (χ4n) is 3.58. The lowest BCUT2D eigenvalue weighted by molar-refractivity contribution is -0.142. The molecule has 2 aromatic carbocycles. The number of carbonyl (C=O) groups is 4. The minimum absolute atomic E-state index is 0.1000. The molecule has 0 unspecified atom stereocenters. The van der Waals surface area contributed by atoms with Crippen molar-refractivity contribution in [3.8, 4) is 0 Å². The van der Waals surface area contributed by atoms with Crippen LogP contribution in [0.4, 0.5) is 0 Å². The van der Waals surface area contributed by atoms with Crippen molar-refractivity contribution in [1.29, 1.82) is 0 Å². The largest absolute Gasteiger partial charge is 0.464 e. The molecule has 216 valence electrons. The Morgan fingerprint density at radius 3 is 1.32 bits per heavy atom. The second-order valence-electron chi connectivity index (χ2n) is 8.67. The van der Waals surface area contributed by atoms with Gasteiger partial charge in [0.1, 0.15) is 16.7 Å². The van der Waals surface area contributed by atoms with Crippen LogP contribution in [0.3, 0.4) is 0 Å². The van der Waals surface area contributed by atoms with E-state index in [0.29, 0.717) is 48.8 Å². The molecule has 11 heteroatoms. The Bertz CT molecular complexity index is 1070. The first-order chi connectivity index (χ1) is 19.1. The van der Waals surface area contributed by atoms with E-state index < -0.39 is 0 Å². The van der Waals surface area contributed by atoms with Crippen LogP contribution in [0.2, 0.25) is 0 Å². The second-order valence-corrected chi connectivity index (χ2v) is 11.8. The zero-order valence-electron chi connectivity index (χ0n) is 23.3. The summed E-state index contributed by atoms with van der Waals surface area (Å²) in [5.41, 5.74) is 3.29. The molecule has 0 N–H and O–H groups in total. The zero-order chi connectivity index (χ0) is 29.5. The number of hydrogen-bond acceptors (Lipinski definition) is 9. The van der Waals surface area contributed by atoms with Crippen molar-refractivity contribution in [3.63, 3.8) is 0 Å². The summed E-state index contributed by atoms with van der Waals surface area (Å²) in [6.45, 7) is 8.58. The maximum atomic E-state index is 12.7. The van der Waals surface area contributed by atoms with E-state index in [1.54, 1.807) is 33.3 Å². The number of thiocarbonyl (C=S) groups is 1. The molecule has 0 saturated carbocycles. The SMILES string of the molecule is CCN(CCOC(C)=O)C(=O)c1ccc(CSC(=S)SCc2ccc(C(=O)N(CC)CCOC(C)=O)cc2)cc1. The van der Waals surface area contributed by atoms with Gasteiger partial charge in [-0.2, -0.15) is 0 Å². The standard InChI is InChI=1S/C29H36N2O6S3/c1-5-30(15-17-36-21(3)32)27(34)25-11-7-23(8-12-25)19-39-29(38)40-20-24-9-13-26(14-10-24)28(35)31(6-2)16-18-37-22(4)33/h7-14H,5-6,15-20H2,1-4H3. The Morgan fingerprint density at radius 1 is 0.675 bits per heavy atom. The van der Waals surface area contributed by atoms with Crippen LogP contribution >= 0.6 is 35.7 Å². The molecule has 0 aliphatic rings. The van der Waals surface area contributed by atoms with Crippen LogP contribution in [0, 0.1) is 0 Å². The molecule has 0 bridgehead atoms. The van der Waals surface area contributed by atoms with Crippen molar-refractivity contribution in [2.75, 3.05) is 39.4 Å². The van der Waals surface area contributed by atoms with E-state index >= 15 is 0 Å². The van der Waals surface area contributed by atoms with Gasteiger partial charge in [-0.05, 0) is 49.2 Å². The molecule has 0 heterocycles. The molecule has 0 fully saturated rings. The van der Waals surface area contributed by atoms with Crippen LogP contribution in [-0.2, 0) is 30.6 Å². The first kappa shape index (κ1) is 33.3. The van der Waals surface area contributed by atoms with Gasteiger partial charge in [0.25, 0.3) is 11.8 Å². The Hall–Kier alpha value is -2.89. The number of nitrogens with zero attached hydrogens (tertiary/aromatic N) is 2. The molecule has 2 rings (SSSR count). The van der Waals surface area contributed by atoms with Crippen molar-refractivity contribution in [3.05, 3.63) is 70.8 Å². The molecule has 0 radical (unpaired) electrons. The van der Waals surface area contributed by atoms with E-state index in [1.165, 1.54) is 13.8 Å². The van der Waals surface area contributed by atoms with Gasteiger partial charge in [-0.1, -0.05) is 36.5 Å². The lowest BCUT2D eigenvalue weighted by atomic mass is 10.1. The third kappa shape index (κ3) is 11.7. The summed E-state index contributed by atoms with van der Waals surface area (Å²) in [6.07, 6.45) is 0. The summed E-state index contributed by atoms with van der Waals surface area (Å²) in [6, 6.07) is 14.9. The monoisotopic (exact) mass is 604 g/mol. The highest BCUT2D eigenvalue weighted by atomic mass is 32.2. The number of amides is 2. The van der Waals surface area contributed by atoms with Crippen LogP contribution in [0.1, 0.15) is 59.5 Å². The van der Waals surface area contributed by atoms with Gasteiger partial charge >= 0.3 is 11.9 Å². The van der Waals surface area contributed by atoms with E-state index in [1.807, 2.05) is 62.4 Å². The number of rotatable bonds is 14. The van der Waals surface area contributed by atoms with E-state index in [4.69, 9.17) is 21.7 Å². The number of thioether (sulfide) groups is 2. The lowest BCUT2D eigenvalue weighted by Crippen LogP contribution is -2.34. The molecule has 0 aliphatic carbocycles. The lowest BCUT2D eigenvalue weighted by Gasteiger charge is -2.20. The molecule has 0 spiro atoms. The van der Waals surface area contributed by atoms with E-state index in [-0.39, 0.29) is 37.0 Å². The summed E-state index contributed by atoms with van der Waals surface area (Å²) in [7, 11) is 0. The van der Waals surface area contributed by atoms with Crippen molar-refractivity contribution in [1.82, 2.24) is 9.80 Å². The number of hydrogen-bond donors (Lipinski definition) is 0. The van der Waals surface area contributed by atoms with Gasteiger partial charge < -0.3 is 19.3 Å². The molecule has 2 amide bonds.